The summed E-state index contributed by atoms with van der Waals surface area (Å²) in [7, 11) is 5.48. The van der Waals surface area contributed by atoms with Crippen molar-refractivity contribution < 1.29 is 9.53 Å². The number of hydrogen-bond acceptors (Lipinski definition) is 5. The van der Waals surface area contributed by atoms with Crippen LogP contribution >= 0.6 is 0 Å². The molecule has 1 aliphatic carbocycles. The summed E-state index contributed by atoms with van der Waals surface area (Å²) in [5.74, 6) is 1.40. The van der Waals surface area contributed by atoms with E-state index in [1.165, 1.54) is 0 Å². The Labute approximate surface area is 166 Å². The zero-order valence-electron chi connectivity index (χ0n) is 16.9. The monoisotopic (exact) mass is 382 g/mol. The summed E-state index contributed by atoms with van der Waals surface area (Å²) < 4.78 is 5.59. The zero-order chi connectivity index (χ0) is 20.1. The Balaban J connectivity index is 1.91. The van der Waals surface area contributed by atoms with Crippen LogP contribution in [0, 0.1) is 5.41 Å². The van der Waals surface area contributed by atoms with Crippen molar-refractivity contribution in [2.75, 3.05) is 26.5 Å². The smallest absolute Gasteiger partial charge is 0.223 e. The van der Waals surface area contributed by atoms with Crippen LogP contribution in [-0.2, 0) is 11.2 Å². The van der Waals surface area contributed by atoms with E-state index in [9.17, 15) is 4.79 Å². The molecule has 3 rings (SSSR count). The third-order valence-corrected chi connectivity index (χ3v) is 6.04. The van der Waals surface area contributed by atoms with Crippen molar-refractivity contribution in [3.63, 3.8) is 0 Å². The van der Waals surface area contributed by atoms with Crippen molar-refractivity contribution in [2.24, 2.45) is 11.1 Å². The largest absolute Gasteiger partial charge is 0.496 e. The highest BCUT2D eigenvalue weighted by atomic mass is 16.5. The second-order valence-corrected chi connectivity index (χ2v) is 7.59. The van der Waals surface area contributed by atoms with Gasteiger partial charge in [-0.1, -0.05) is 6.07 Å². The van der Waals surface area contributed by atoms with Crippen LogP contribution in [0.4, 0.5) is 5.82 Å². The van der Waals surface area contributed by atoms with Crippen molar-refractivity contribution in [2.45, 2.75) is 38.1 Å². The Morgan fingerprint density at radius 3 is 2.46 bits per heavy atom. The molecule has 28 heavy (non-hydrogen) atoms. The maximum atomic E-state index is 12.4. The molecule has 0 bridgehead atoms. The molecule has 4 N–H and O–H groups in total. The number of aromatic nitrogens is 1. The first-order valence-electron chi connectivity index (χ1n) is 9.79. The van der Waals surface area contributed by atoms with E-state index in [0.717, 1.165) is 53.9 Å². The maximum Gasteiger partial charge on any atom is 0.223 e. The van der Waals surface area contributed by atoms with Crippen molar-refractivity contribution >= 4 is 11.7 Å². The van der Waals surface area contributed by atoms with Crippen LogP contribution in [0.25, 0.3) is 11.1 Å². The number of primary amides is 1. The first kappa shape index (κ1) is 20.1. The van der Waals surface area contributed by atoms with Gasteiger partial charge in [-0.25, -0.2) is 4.98 Å². The highest BCUT2D eigenvalue weighted by Crippen LogP contribution is 2.41. The lowest BCUT2D eigenvalue weighted by atomic mass is 9.68. The Morgan fingerprint density at radius 1 is 1.21 bits per heavy atom. The lowest BCUT2D eigenvalue weighted by Gasteiger charge is -2.38. The Kier molecular flexibility index (Phi) is 6.19. The van der Waals surface area contributed by atoms with Crippen LogP contribution in [0.2, 0.25) is 0 Å². The van der Waals surface area contributed by atoms with Crippen molar-refractivity contribution in [1.29, 1.82) is 0 Å². The summed E-state index contributed by atoms with van der Waals surface area (Å²) in [6, 6.07) is 10.5. The fourth-order valence-corrected chi connectivity index (χ4v) is 4.14. The van der Waals surface area contributed by atoms with Crippen LogP contribution in [0.5, 0.6) is 5.75 Å². The molecule has 0 spiro atoms. The first-order chi connectivity index (χ1) is 13.5. The summed E-state index contributed by atoms with van der Waals surface area (Å²) in [6.07, 6.45) is 5.93. The standard InChI is InChI=1S/C22H30N4O2/c1-24-18-8-10-22(11-9-18,21(23)27)13-17-12-15(4-6-19(17)28-3)16-5-7-20(25-2)26-14-16/h4-7,12,14,18,24H,8-11,13H2,1-3H3,(H2,23,27)(H,25,26). The highest BCUT2D eigenvalue weighted by molar-refractivity contribution is 5.81. The molecule has 1 saturated carbocycles. The molecule has 1 aliphatic rings. The number of benzene rings is 1. The molecule has 1 aromatic carbocycles. The van der Waals surface area contributed by atoms with Gasteiger partial charge >= 0.3 is 0 Å². The van der Waals surface area contributed by atoms with Crippen LogP contribution in [0.1, 0.15) is 31.2 Å². The number of carbonyl (C=O) groups excluding carboxylic acids is 1. The van der Waals surface area contributed by atoms with Gasteiger partial charge in [0, 0.05) is 24.8 Å². The normalized spacial score (nSPS) is 21.9. The van der Waals surface area contributed by atoms with E-state index in [0.29, 0.717) is 12.5 Å². The second-order valence-electron chi connectivity index (χ2n) is 7.59. The molecule has 0 unspecified atom stereocenters. The summed E-state index contributed by atoms with van der Waals surface area (Å²) in [6.45, 7) is 0. The van der Waals surface area contributed by atoms with Crippen molar-refractivity contribution in [1.82, 2.24) is 10.3 Å². The summed E-state index contributed by atoms with van der Waals surface area (Å²) >= 11 is 0. The molecule has 0 atom stereocenters. The predicted octanol–water partition coefficient (Wildman–Crippen LogP) is 2.98. The van der Waals surface area contributed by atoms with E-state index in [4.69, 9.17) is 10.5 Å². The van der Waals surface area contributed by atoms with Gasteiger partial charge in [0.05, 0.1) is 12.5 Å². The van der Waals surface area contributed by atoms with Gasteiger partial charge in [0.15, 0.2) is 0 Å². The fraction of sp³-hybridized carbons (Fsp3) is 0.455. The van der Waals surface area contributed by atoms with Crippen molar-refractivity contribution in [3.8, 4) is 16.9 Å². The lowest BCUT2D eigenvalue weighted by Crippen LogP contribution is -2.45. The van der Waals surface area contributed by atoms with E-state index >= 15 is 0 Å². The number of anilines is 1. The number of pyridine rings is 1. The number of hydrogen-bond donors (Lipinski definition) is 3. The SMILES string of the molecule is CNc1ccc(-c2ccc(OC)c(CC3(C(N)=O)CCC(NC)CC3)c2)cn1. The average molecular weight is 383 g/mol. The summed E-state index contributed by atoms with van der Waals surface area (Å²) in [5.41, 5.74) is 8.46. The van der Waals surface area contributed by atoms with Gasteiger partial charge in [0.1, 0.15) is 11.6 Å². The van der Waals surface area contributed by atoms with Crippen LogP contribution in [0.15, 0.2) is 36.5 Å². The molecule has 1 heterocycles. The molecule has 0 radical (unpaired) electrons. The minimum Gasteiger partial charge on any atom is -0.496 e. The summed E-state index contributed by atoms with van der Waals surface area (Å²) in [5, 5.41) is 6.35. The Hall–Kier alpha value is -2.60. The van der Waals surface area contributed by atoms with E-state index in [1.54, 1.807) is 7.11 Å². The number of nitrogens with zero attached hydrogens (tertiary/aromatic N) is 1. The zero-order valence-corrected chi connectivity index (χ0v) is 16.9. The van der Waals surface area contributed by atoms with Gasteiger partial charge in [-0.15, -0.1) is 0 Å². The van der Waals surface area contributed by atoms with Crippen LogP contribution in [0.3, 0.4) is 0 Å². The quantitative estimate of drug-likeness (QED) is 0.685. The summed E-state index contributed by atoms with van der Waals surface area (Å²) in [4.78, 5) is 16.8. The van der Waals surface area contributed by atoms with Gasteiger partial charge in [-0.2, -0.15) is 0 Å². The number of nitrogens with one attached hydrogen (secondary N) is 2. The average Bonchev–Trinajstić information content (AvgIpc) is 2.74. The second kappa shape index (κ2) is 8.61. The van der Waals surface area contributed by atoms with Crippen LogP contribution < -0.4 is 21.1 Å². The molecule has 0 aliphatic heterocycles. The third kappa shape index (κ3) is 4.12. The topological polar surface area (TPSA) is 89.3 Å². The lowest BCUT2D eigenvalue weighted by molar-refractivity contribution is -0.129. The van der Waals surface area contributed by atoms with Gasteiger partial charge in [-0.05, 0) is 74.5 Å². The number of rotatable bonds is 7. The molecule has 6 nitrogen and oxygen atoms in total. The fourth-order valence-electron chi connectivity index (χ4n) is 4.14. The maximum absolute atomic E-state index is 12.4. The number of carbonyl (C=O) groups is 1. The van der Waals surface area contributed by atoms with Crippen molar-refractivity contribution in [3.05, 3.63) is 42.1 Å². The Bertz CT molecular complexity index is 812. The molecule has 0 saturated heterocycles. The minimum atomic E-state index is -0.520. The minimum absolute atomic E-state index is 0.213. The molecular formula is C22H30N4O2. The number of methoxy groups -OCH3 is 1. The van der Waals surface area contributed by atoms with Crippen LogP contribution in [-0.4, -0.2) is 38.1 Å². The first-order valence-corrected chi connectivity index (χ1v) is 9.79. The molecule has 1 amide bonds. The number of nitrogens with two attached hydrogens (primary N) is 1. The predicted molar refractivity (Wildman–Crippen MR) is 112 cm³/mol. The Morgan fingerprint density at radius 2 is 1.93 bits per heavy atom. The molecule has 1 fully saturated rings. The number of ether oxygens (including phenoxy) is 1. The molecule has 6 heteroatoms. The molecule has 150 valence electrons. The van der Waals surface area contributed by atoms with Gasteiger partial charge < -0.3 is 21.1 Å². The molecule has 1 aromatic heterocycles. The van der Waals surface area contributed by atoms with Gasteiger partial charge in [0.25, 0.3) is 0 Å². The van der Waals surface area contributed by atoms with E-state index < -0.39 is 5.41 Å². The third-order valence-electron chi connectivity index (χ3n) is 6.04. The van der Waals surface area contributed by atoms with Gasteiger partial charge in [0.2, 0.25) is 5.91 Å². The van der Waals surface area contributed by atoms with Gasteiger partial charge in [-0.3, -0.25) is 4.79 Å². The van der Waals surface area contributed by atoms with E-state index in [1.807, 2.05) is 44.6 Å². The van der Waals surface area contributed by atoms with E-state index in [2.05, 4.69) is 21.7 Å². The van der Waals surface area contributed by atoms with E-state index in [-0.39, 0.29) is 5.91 Å². The molecular weight excluding hydrogens is 352 g/mol. The number of amides is 1. The highest BCUT2D eigenvalue weighted by Gasteiger charge is 2.40. The molecule has 2 aromatic rings.